The van der Waals surface area contributed by atoms with Gasteiger partial charge in [0.2, 0.25) is 11.0 Å². The van der Waals surface area contributed by atoms with E-state index in [1.54, 1.807) is 0 Å². The van der Waals surface area contributed by atoms with Gasteiger partial charge >= 0.3 is 0 Å². The fourth-order valence-corrected chi connectivity index (χ4v) is 5.01. The lowest BCUT2D eigenvalue weighted by Gasteiger charge is -2.34. The highest BCUT2D eigenvalue weighted by Gasteiger charge is 2.25. The van der Waals surface area contributed by atoms with Gasteiger partial charge in [-0.3, -0.25) is 9.59 Å². The van der Waals surface area contributed by atoms with Crippen molar-refractivity contribution in [3.63, 3.8) is 0 Å². The van der Waals surface area contributed by atoms with Gasteiger partial charge in [-0.25, -0.2) is 0 Å². The summed E-state index contributed by atoms with van der Waals surface area (Å²) in [7, 11) is 0. The summed E-state index contributed by atoms with van der Waals surface area (Å²) in [6, 6.07) is 17.1. The van der Waals surface area contributed by atoms with Gasteiger partial charge in [-0.1, -0.05) is 59.5 Å². The number of nitrogens with one attached hydrogen (secondary N) is 1. The highest BCUT2D eigenvalue weighted by atomic mass is 32.2. The van der Waals surface area contributed by atoms with E-state index in [4.69, 9.17) is 0 Å². The van der Waals surface area contributed by atoms with Crippen LogP contribution in [0, 0.1) is 6.92 Å². The third kappa shape index (κ3) is 5.42. The lowest BCUT2D eigenvalue weighted by molar-refractivity contribution is -0.113. The second-order valence-electron chi connectivity index (χ2n) is 7.15. The van der Waals surface area contributed by atoms with Crippen LogP contribution < -0.4 is 10.2 Å². The van der Waals surface area contributed by atoms with Gasteiger partial charge in [0.1, 0.15) is 0 Å². The number of anilines is 2. The van der Waals surface area contributed by atoms with Gasteiger partial charge < -0.3 is 15.1 Å². The molecule has 31 heavy (non-hydrogen) atoms. The second kappa shape index (κ2) is 9.93. The van der Waals surface area contributed by atoms with E-state index >= 15 is 0 Å². The molecule has 2 aromatic carbocycles. The summed E-state index contributed by atoms with van der Waals surface area (Å²) >= 11 is 2.86. The summed E-state index contributed by atoms with van der Waals surface area (Å²) < 4.78 is 0.761. The molecule has 0 saturated carbocycles. The van der Waals surface area contributed by atoms with Crippen molar-refractivity contribution in [1.82, 2.24) is 15.1 Å². The predicted molar refractivity (Wildman–Crippen MR) is 125 cm³/mol. The molecule has 2 heterocycles. The molecule has 0 radical (unpaired) electrons. The van der Waals surface area contributed by atoms with Crippen LogP contribution in [-0.4, -0.2) is 58.8 Å². The van der Waals surface area contributed by atoms with Crippen molar-refractivity contribution in [2.75, 3.05) is 42.1 Å². The molecule has 4 rings (SSSR count). The topological polar surface area (TPSA) is 78.4 Å². The van der Waals surface area contributed by atoms with Crippen molar-refractivity contribution < 1.29 is 9.59 Å². The lowest BCUT2D eigenvalue weighted by Crippen LogP contribution is -2.48. The third-order valence-electron chi connectivity index (χ3n) is 4.99. The summed E-state index contributed by atoms with van der Waals surface area (Å²) in [4.78, 5) is 28.9. The van der Waals surface area contributed by atoms with Crippen molar-refractivity contribution in [2.45, 2.75) is 11.3 Å². The summed E-state index contributed by atoms with van der Waals surface area (Å²) in [6.45, 7) is 4.68. The number of piperazine rings is 1. The molecule has 1 saturated heterocycles. The molecule has 7 nitrogen and oxygen atoms in total. The average Bonchev–Trinajstić information content (AvgIpc) is 3.28. The highest BCUT2D eigenvalue weighted by Crippen LogP contribution is 2.29. The van der Waals surface area contributed by atoms with Gasteiger partial charge in [-0.15, -0.1) is 10.2 Å². The lowest BCUT2D eigenvalue weighted by atomic mass is 10.1. The molecule has 0 atom stereocenters. The van der Waals surface area contributed by atoms with Crippen molar-refractivity contribution in [2.24, 2.45) is 0 Å². The number of nitrogens with zero attached hydrogens (tertiary/aromatic N) is 4. The van der Waals surface area contributed by atoms with E-state index in [9.17, 15) is 9.59 Å². The molecule has 3 aromatic rings. The maximum Gasteiger partial charge on any atom is 0.254 e. The minimum absolute atomic E-state index is 0.0729. The molecule has 0 spiro atoms. The van der Waals surface area contributed by atoms with Crippen LogP contribution in [0.2, 0.25) is 0 Å². The fourth-order valence-electron chi connectivity index (χ4n) is 3.32. The van der Waals surface area contributed by atoms with E-state index in [2.05, 4.69) is 20.4 Å². The summed E-state index contributed by atoms with van der Waals surface area (Å²) in [5.41, 5.74) is 2.54. The Hall–Kier alpha value is -2.91. The highest BCUT2D eigenvalue weighted by molar-refractivity contribution is 8.01. The van der Waals surface area contributed by atoms with Crippen molar-refractivity contribution in [3.8, 4) is 0 Å². The summed E-state index contributed by atoms with van der Waals surface area (Å²) in [6.07, 6.45) is 0. The summed E-state index contributed by atoms with van der Waals surface area (Å²) in [5, 5.41) is 12.2. The normalized spacial score (nSPS) is 13.8. The maximum absolute atomic E-state index is 12.8. The molecule has 1 aliphatic rings. The number of aryl methyl sites for hydroxylation is 1. The molecular formula is C22H23N5O2S2. The van der Waals surface area contributed by atoms with Crippen LogP contribution in [0.1, 0.15) is 15.9 Å². The number of rotatable bonds is 6. The molecule has 1 N–H and O–H groups in total. The fraction of sp³-hybridized carbons (Fsp3) is 0.273. The number of hydrogen-bond donors (Lipinski definition) is 1. The Morgan fingerprint density at radius 1 is 1.00 bits per heavy atom. The Morgan fingerprint density at radius 2 is 1.71 bits per heavy atom. The van der Waals surface area contributed by atoms with Gasteiger partial charge in [-0.2, -0.15) is 0 Å². The molecule has 160 valence electrons. The number of amides is 2. The number of carbonyl (C=O) groups excluding carboxylic acids is 2. The quantitative estimate of drug-likeness (QED) is 0.575. The van der Waals surface area contributed by atoms with Crippen LogP contribution in [0.3, 0.4) is 0 Å². The molecular weight excluding hydrogens is 430 g/mol. The third-order valence-corrected chi connectivity index (χ3v) is 7.11. The first-order valence-corrected chi connectivity index (χ1v) is 11.8. The van der Waals surface area contributed by atoms with Crippen LogP contribution in [0.4, 0.5) is 10.8 Å². The average molecular weight is 454 g/mol. The standard InChI is InChI=1S/C22H23N5O2S2/c1-16-7-5-6-10-18(16)20(29)26-11-13-27(14-12-26)21-24-25-22(31-21)30-15-19(28)23-17-8-3-2-4-9-17/h2-10H,11-15H2,1H3,(H,23,28). The Labute approximate surface area is 189 Å². The van der Waals surface area contributed by atoms with E-state index in [0.717, 1.165) is 26.3 Å². The second-order valence-corrected chi connectivity index (χ2v) is 9.33. The van der Waals surface area contributed by atoms with Crippen LogP contribution in [0.25, 0.3) is 0 Å². The number of benzene rings is 2. The Morgan fingerprint density at radius 3 is 2.45 bits per heavy atom. The first-order chi connectivity index (χ1) is 15.1. The molecule has 1 aliphatic heterocycles. The van der Waals surface area contributed by atoms with E-state index in [0.29, 0.717) is 26.2 Å². The zero-order chi connectivity index (χ0) is 21.6. The van der Waals surface area contributed by atoms with Crippen molar-refractivity contribution >= 4 is 45.7 Å². The van der Waals surface area contributed by atoms with Gasteiger partial charge in [0.05, 0.1) is 5.75 Å². The van der Waals surface area contributed by atoms with Crippen LogP contribution >= 0.6 is 23.1 Å². The SMILES string of the molecule is Cc1ccccc1C(=O)N1CCN(c2nnc(SCC(=O)Nc3ccccc3)s2)CC1. The minimum Gasteiger partial charge on any atom is -0.343 e. The predicted octanol–water partition coefficient (Wildman–Crippen LogP) is 3.54. The molecule has 1 fully saturated rings. The molecule has 1 aromatic heterocycles. The zero-order valence-electron chi connectivity index (χ0n) is 17.2. The summed E-state index contributed by atoms with van der Waals surface area (Å²) in [5.74, 6) is 0.286. The van der Waals surface area contributed by atoms with E-state index in [-0.39, 0.29) is 17.6 Å². The van der Waals surface area contributed by atoms with E-state index < -0.39 is 0 Å². The molecule has 0 unspecified atom stereocenters. The van der Waals surface area contributed by atoms with Gasteiger partial charge in [0, 0.05) is 37.4 Å². The number of aromatic nitrogens is 2. The minimum atomic E-state index is -0.0729. The van der Waals surface area contributed by atoms with Gasteiger partial charge in [0.15, 0.2) is 4.34 Å². The molecule has 0 aliphatic carbocycles. The van der Waals surface area contributed by atoms with Crippen molar-refractivity contribution in [1.29, 1.82) is 0 Å². The van der Waals surface area contributed by atoms with Crippen LogP contribution in [0.5, 0.6) is 0 Å². The number of hydrogen-bond acceptors (Lipinski definition) is 7. The van der Waals surface area contributed by atoms with Crippen LogP contribution in [0.15, 0.2) is 58.9 Å². The smallest absolute Gasteiger partial charge is 0.254 e. The van der Waals surface area contributed by atoms with Crippen molar-refractivity contribution in [3.05, 3.63) is 65.7 Å². The van der Waals surface area contributed by atoms with Crippen LogP contribution in [-0.2, 0) is 4.79 Å². The largest absolute Gasteiger partial charge is 0.343 e. The maximum atomic E-state index is 12.8. The van der Waals surface area contributed by atoms with Gasteiger partial charge in [-0.05, 0) is 30.7 Å². The van der Waals surface area contributed by atoms with Gasteiger partial charge in [0.25, 0.3) is 5.91 Å². The van der Waals surface area contributed by atoms with E-state index in [1.165, 1.54) is 23.1 Å². The Balaban J connectivity index is 1.27. The number of thioether (sulfide) groups is 1. The number of para-hydroxylation sites is 1. The molecule has 2 amide bonds. The molecule has 9 heteroatoms. The Kier molecular flexibility index (Phi) is 6.83. The Bertz CT molecular complexity index is 1050. The first kappa shape index (κ1) is 21.3. The monoisotopic (exact) mass is 453 g/mol. The van der Waals surface area contributed by atoms with E-state index in [1.807, 2.05) is 66.4 Å². The number of carbonyl (C=O) groups is 2. The molecule has 0 bridgehead atoms. The first-order valence-electron chi connectivity index (χ1n) is 10.0. The zero-order valence-corrected chi connectivity index (χ0v) is 18.8.